The number of nitrogens with two attached hydrogens (primary N) is 1. The van der Waals surface area contributed by atoms with Crippen LogP contribution in [0.5, 0.6) is 0 Å². The number of hydrogen-bond acceptors (Lipinski definition) is 3. The molecule has 14 heavy (non-hydrogen) atoms. The fourth-order valence-corrected chi connectivity index (χ4v) is 0.891. The summed E-state index contributed by atoms with van der Waals surface area (Å²) in [6.45, 7) is -0.0711. The molecule has 0 saturated carbocycles. The zero-order valence-corrected chi connectivity index (χ0v) is 7.12. The van der Waals surface area contributed by atoms with Crippen LogP contribution in [0.2, 0.25) is 0 Å². The molecule has 1 heterocycles. The van der Waals surface area contributed by atoms with E-state index in [1.807, 2.05) is 0 Å². The zero-order valence-electron chi connectivity index (χ0n) is 7.12. The third-order valence-corrected chi connectivity index (χ3v) is 1.68. The Hall–Kier alpha value is -1.14. The minimum atomic E-state index is -4.40. The van der Waals surface area contributed by atoms with Crippen LogP contribution in [0.3, 0.4) is 0 Å². The molecule has 3 nitrogen and oxygen atoms in total. The molecule has 3 N–H and O–H groups in total. The van der Waals surface area contributed by atoms with Crippen LogP contribution >= 0.6 is 0 Å². The van der Waals surface area contributed by atoms with Gasteiger partial charge in [-0.15, -0.1) is 0 Å². The van der Waals surface area contributed by atoms with Crippen molar-refractivity contribution in [1.29, 1.82) is 0 Å². The molecule has 0 radical (unpaired) electrons. The van der Waals surface area contributed by atoms with Crippen LogP contribution in [0.1, 0.15) is 17.4 Å². The Bertz CT molecular complexity index is 296. The second-order valence-electron chi connectivity index (χ2n) is 2.72. The predicted octanol–water partition coefficient (Wildman–Crippen LogP) is 1.09. The predicted molar refractivity (Wildman–Crippen MR) is 43.3 cm³/mol. The summed E-state index contributed by atoms with van der Waals surface area (Å²) in [5.41, 5.74) is 4.41. The van der Waals surface area contributed by atoms with Gasteiger partial charge in [-0.1, -0.05) is 0 Å². The number of halogens is 3. The van der Waals surface area contributed by atoms with Crippen molar-refractivity contribution in [2.75, 3.05) is 6.54 Å². The summed E-state index contributed by atoms with van der Waals surface area (Å²) in [6.07, 6.45) is -4.75. The number of aromatic nitrogens is 1. The Morgan fingerprint density at radius 2 is 2.07 bits per heavy atom. The summed E-state index contributed by atoms with van der Waals surface area (Å²) >= 11 is 0. The highest BCUT2D eigenvalue weighted by molar-refractivity contribution is 5.18. The van der Waals surface area contributed by atoms with Gasteiger partial charge < -0.3 is 10.8 Å². The van der Waals surface area contributed by atoms with Crippen molar-refractivity contribution in [3.05, 3.63) is 29.6 Å². The Morgan fingerprint density at radius 3 is 2.43 bits per heavy atom. The highest BCUT2D eigenvalue weighted by Crippen LogP contribution is 2.28. The Morgan fingerprint density at radius 1 is 1.43 bits per heavy atom. The number of nitrogens with zero attached hydrogens (tertiary/aromatic N) is 1. The lowest BCUT2D eigenvalue weighted by Crippen LogP contribution is -2.14. The number of rotatable bonds is 2. The van der Waals surface area contributed by atoms with Gasteiger partial charge in [-0.3, -0.25) is 4.98 Å². The molecule has 0 aliphatic carbocycles. The van der Waals surface area contributed by atoms with Gasteiger partial charge in [0.2, 0.25) is 0 Å². The summed E-state index contributed by atoms with van der Waals surface area (Å²) < 4.78 is 36.2. The minimum Gasteiger partial charge on any atom is -0.385 e. The lowest BCUT2D eigenvalue weighted by Gasteiger charge is -2.09. The normalized spacial score (nSPS) is 14.1. The van der Waals surface area contributed by atoms with Crippen LogP contribution in [0.15, 0.2) is 18.3 Å². The van der Waals surface area contributed by atoms with E-state index in [2.05, 4.69) is 4.98 Å². The standard InChI is InChI=1S/C8H9F3N2O/c9-8(10,11)5-1-2-6(13-4-5)7(14)3-12/h1-2,4,7,14H,3,12H2. The highest BCUT2D eigenvalue weighted by Gasteiger charge is 2.30. The molecule has 0 aliphatic heterocycles. The molecule has 0 fully saturated rings. The average molecular weight is 206 g/mol. The van der Waals surface area contributed by atoms with Crippen molar-refractivity contribution in [1.82, 2.24) is 4.98 Å². The van der Waals surface area contributed by atoms with Gasteiger partial charge in [0.1, 0.15) is 6.10 Å². The lowest BCUT2D eigenvalue weighted by molar-refractivity contribution is -0.137. The first-order valence-corrected chi connectivity index (χ1v) is 3.86. The number of pyridine rings is 1. The average Bonchev–Trinajstić information content (AvgIpc) is 2.15. The van der Waals surface area contributed by atoms with E-state index < -0.39 is 17.8 Å². The Balaban J connectivity index is 2.89. The first-order valence-electron chi connectivity index (χ1n) is 3.86. The van der Waals surface area contributed by atoms with Gasteiger partial charge in [-0.25, -0.2) is 0 Å². The summed E-state index contributed by atoms with van der Waals surface area (Å²) in [5, 5.41) is 9.15. The van der Waals surface area contributed by atoms with Crippen molar-refractivity contribution in [3.63, 3.8) is 0 Å². The molecule has 1 aromatic rings. The van der Waals surface area contributed by atoms with E-state index in [1.165, 1.54) is 0 Å². The second-order valence-corrected chi connectivity index (χ2v) is 2.72. The van der Waals surface area contributed by atoms with Crippen LogP contribution in [0, 0.1) is 0 Å². The fraction of sp³-hybridized carbons (Fsp3) is 0.375. The van der Waals surface area contributed by atoms with E-state index in [-0.39, 0.29) is 12.2 Å². The quantitative estimate of drug-likeness (QED) is 0.761. The van der Waals surface area contributed by atoms with Crippen LogP contribution in [-0.4, -0.2) is 16.6 Å². The molecular formula is C8H9F3N2O. The Kier molecular flexibility index (Phi) is 3.07. The summed E-state index contributed by atoms with van der Waals surface area (Å²) in [5.74, 6) is 0. The van der Waals surface area contributed by atoms with Gasteiger partial charge in [0.05, 0.1) is 11.3 Å². The molecule has 1 atom stereocenters. The molecule has 0 amide bonds. The third-order valence-electron chi connectivity index (χ3n) is 1.68. The van der Waals surface area contributed by atoms with E-state index in [0.29, 0.717) is 6.20 Å². The maximum absolute atomic E-state index is 12.1. The maximum atomic E-state index is 12.1. The molecule has 1 rings (SSSR count). The van der Waals surface area contributed by atoms with Crippen molar-refractivity contribution in [2.24, 2.45) is 5.73 Å². The molecular weight excluding hydrogens is 197 g/mol. The molecule has 78 valence electrons. The van der Waals surface area contributed by atoms with Gasteiger partial charge in [-0.2, -0.15) is 13.2 Å². The van der Waals surface area contributed by atoms with Crippen molar-refractivity contribution >= 4 is 0 Å². The van der Waals surface area contributed by atoms with E-state index in [9.17, 15) is 13.2 Å². The monoisotopic (exact) mass is 206 g/mol. The summed E-state index contributed by atoms with van der Waals surface area (Å²) in [4.78, 5) is 3.47. The van der Waals surface area contributed by atoms with Crippen LogP contribution in [-0.2, 0) is 6.18 Å². The first-order chi connectivity index (χ1) is 6.45. The number of alkyl halides is 3. The highest BCUT2D eigenvalue weighted by atomic mass is 19.4. The summed E-state index contributed by atoms with van der Waals surface area (Å²) in [7, 11) is 0. The topological polar surface area (TPSA) is 59.1 Å². The smallest absolute Gasteiger partial charge is 0.385 e. The fourth-order valence-electron chi connectivity index (χ4n) is 0.891. The van der Waals surface area contributed by atoms with Gasteiger partial charge in [0.25, 0.3) is 0 Å². The molecule has 1 aromatic heterocycles. The lowest BCUT2D eigenvalue weighted by atomic mass is 10.2. The largest absolute Gasteiger partial charge is 0.417 e. The molecule has 0 spiro atoms. The van der Waals surface area contributed by atoms with Crippen molar-refractivity contribution < 1.29 is 18.3 Å². The number of aliphatic hydroxyl groups excluding tert-OH is 1. The van der Waals surface area contributed by atoms with E-state index >= 15 is 0 Å². The van der Waals surface area contributed by atoms with Gasteiger partial charge in [-0.05, 0) is 12.1 Å². The van der Waals surface area contributed by atoms with Crippen LogP contribution in [0.25, 0.3) is 0 Å². The third kappa shape index (κ3) is 2.43. The van der Waals surface area contributed by atoms with Crippen LogP contribution < -0.4 is 5.73 Å². The van der Waals surface area contributed by atoms with Gasteiger partial charge in [0, 0.05) is 12.7 Å². The van der Waals surface area contributed by atoms with Crippen LogP contribution in [0.4, 0.5) is 13.2 Å². The molecule has 0 saturated heterocycles. The SMILES string of the molecule is NCC(O)c1ccc(C(F)(F)F)cn1. The van der Waals surface area contributed by atoms with E-state index in [4.69, 9.17) is 10.8 Å². The van der Waals surface area contributed by atoms with Gasteiger partial charge in [0.15, 0.2) is 0 Å². The molecule has 0 aliphatic rings. The molecule has 6 heteroatoms. The zero-order chi connectivity index (χ0) is 10.8. The van der Waals surface area contributed by atoms with E-state index in [0.717, 1.165) is 12.1 Å². The minimum absolute atomic E-state index is 0.0711. The number of aliphatic hydroxyl groups is 1. The Labute approximate surface area is 78.4 Å². The van der Waals surface area contributed by atoms with Crippen molar-refractivity contribution in [2.45, 2.75) is 12.3 Å². The summed E-state index contributed by atoms with van der Waals surface area (Å²) in [6, 6.07) is 1.97. The second kappa shape index (κ2) is 3.93. The maximum Gasteiger partial charge on any atom is 0.417 e. The molecule has 0 bridgehead atoms. The number of hydrogen-bond donors (Lipinski definition) is 2. The molecule has 1 unspecified atom stereocenters. The van der Waals surface area contributed by atoms with Crippen molar-refractivity contribution in [3.8, 4) is 0 Å². The molecule has 0 aromatic carbocycles. The first kappa shape index (κ1) is 10.9. The van der Waals surface area contributed by atoms with E-state index in [1.54, 1.807) is 0 Å². The van der Waals surface area contributed by atoms with Gasteiger partial charge >= 0.3 is 6.18 Å².